The first kappa shape index (κ1) is 14.2. The summed E-state index contributed by atoms with van der Waals surface area (Å²) in [5.74, 6) is 0.340. The number of nitrogens with one attached hydrogen (secondary N) is 2. The largest absolute Gasteiger partial charge is 0.310 e. The molecule has 0 saturated carbocycles. The highest BCUT2D eigenvalue weighted by Crippen LogP contribution is 2.34. The molecule has 0 saturated heterocycles. The molecule has 3 rings (SSSR count). The molecule has 112 valence electrons. The molecule has 0 radical (unpaired) electrons. The van der Waals surface area contributed by atoms with Crippen LogP contribution in [-0.2, 0) is 28.9 Å². The maximum absolute atomic E-state index is 12.2. The van der Waals surface area contributed by atoms with E-state index in [4.69, 9.17) is 4.84 Å². The van der Waals surface area contributed by atoms with E-state index >= 15 is 0 Å². The number of nitrogens with zero attached hydrogens (tertiary/aromatic N) is 1. The van der Waals surface area contributed by atoms with Crippen LogP contribution in [0.15, 0.2) is 4.79 Å². The van der Waals surface area contributed by atoms with Crippen LogP contribution < -0.4 is 11.0 Å². The van der Waals surface area contributed by atoms with Crippen LogP contribution in [0.5, 0.6) is 0 Å². The van der Waals surface area contributed by atoms with Crippen molar-refractivity contribution in [1.29, 1.82) is 0 Å². The number of carbonyl (C=O) groups excluding carboxylic acids is 1. The fourth-order valence-corrected chi connectivity index (χ4v) is 3.88. The molecule has 6 nitrogen and oxygen atoms in total. The van der Waals surface area contributed by atoms with Crippen molar-refractivity contribution in [3.8, 4) is 0 Å². The minimum absolute atomic E-state index is 0.0837. The Morgan fingerprint density at radius 3 is 3.14 bits per heavy atom. The molecule has 1 amide bonds. The number of aromatic nitrogens is 2. The van der Waals surface area contributed by atoms with Gasteiger partial charge in [0, 0.05) is 17.7 Å². The molecular weight excluding hydrogens is 290 g/mol. The van der Waals surface area contributed by atoms with Crippen LogP contribution in [0, 0.1) is 0 Å². The number of rotatable bonds is 5. The summed E-state index contributed by atoms with van der Waals surface area (Å²) < 4.78 is 0. The van der Waals surface area contributed by atoms with Gasteiger partial charge in [-0.05, 0) is 31.7 Å². The van der Waals surface area contributed by atoms with Crippen LogP contribution in [0.1, 0.15) is 36.0 Å². The van der Waals surface area contributed by atoms with Crippen molar-refractivity contribution in [2.24, 2.45) is 0 Å². The number of thiophene rings is 1. The third-order valence-electron chi connectivity index (χ3n) is 3.54. The monoisotopic (exact) mass is 307 g/mol. The normalized spacial score (nSPS) is 13.6. The summed E-state index contributed by atoms with van der Waals surface area (Å²) in [6.07, 6.45) is 3.76. The van der Waals surface area contributed by atoms with Crippen molar-refractivity contribution in [3.63, 3.8) is 0 Å². The van der Waals surface area contributed by atoms with Gasteiger partial charge in [-0.25, -0.2) is 10.5 Å². The minimum Gasteiger partial charge on any atom is -0.310 e. The molecule has 0 fully saturated rings. The van der Waals surface area contributed by atoms with E-state index in [0.29, 0.717) is 18.9 Å². The van der Waals surface area contributed by atoms with Crippen molar-refractivity contribution < 1.29 is 9.63 Å². The van der Waals surface area contributed by atoms with Crippen LogP contribution in [0.2, 0.25) is 0 Å². The van der Waals surface area contributed by atoms with Gasteiger partial charge in [-0.1, -0.05) is 0 Å². The Kier molecular flexibility index (Phi) is 4.03. The summed E-state index contributed by atoms with van der Waals surface area (Å²) >= 11 is 1.61. The highest BCUT2D eigenvalue weighted by Gasteiger charge is 2.21. The summed E-state index contributed by atoms with van der Waals surface area (Å²) in [6, 6.07) is 0. The Labute approximate surface area is 125 Å². The summed E-state index contributed by atoms with van der Waals surface area (Å²) in [6.45, 7) is 2.22. The van der Waals surface area contributed by atoms with E-state index in [2.05, 4.69) is 15.4 Å². The minimum atomic E-state index is -0.215. The lowest BCUT2D eigenvalue weighted by Gasteiger charge is -2.03. The smallest absolute Gasteiger partial charge is 0.259 e. The first-order valence-corrected chi connectivity index (χ1v) is 7.94. The first-order valence-electron chi connectivity index (χ1n) is 7.13. The maximum atomic E-state index is 12.2. The third-order valence-corrected chi connectivity index (χ3v) is 4.73. The number of hydrogen-bond donors (Lipinski definition) is 2. The van der Waals surface area contributed by atoms with Gasteiger partial charge in [-0.3, -0.25) is 14.4 Å². The van der Waals surface area contributed by atoms with Crippen molar-refractivity contribution >= 4 is 27.5 Å². The number of aryl methyl sites for hydroxylation is 3. The van der Waals surface area contributed by atoms with E-state index in [1.165, 1.54) is 10.4 Å². The fraction of sp³-hybridized carbons (Fsp3) is 0.500. The number of H-pyrrole nitrogens is 1. The number of fused-ring (bicyclic) bond motifs is 3. The van der Waals surface area contributed by atoms with Crippen molar-refractivity contribution in [1.82, 2.24) is 15.4 Å². The van der Waals surface area contributed by atoms with E-state index in [1.54, 1.807) is 18.3 Å². The molecule has 0 bridgehead atoms. The predicted octanol–water partition coefficient (Wildman–Crippen LogP) is 1.47. The van der Waals surface area contributed by atoms with E-state index < -0.39 is 0 Å². The quantitative estimate of drug-likeness (QED) is 0.819. The van der Waals surface area contributed by atoms with Gasteiger partial charge in [-0.15, -0.1) is 11.3 Å². The molecule has 0 unspecified atom stereocenters. The van der Waals surface area contributed by atoms with E-state index in [9.17, 15) is 9.59 Å². The van der Waals surface area contributed by atoms with Crippen LogP contribution in [0.4, 0.5) is 0 Å². The van der Waals surface area contributed by atoms with Crippen LogP contribution in [0.25, 0.3) is 10.2 Å². The molecule has 0 spiro atoms. The molecular formula is C14H17N3O3S. The summed E-state index contributed by atoms with van der Waals surface area (Å²) in [5, 5.41) is 0.745. The van der Waals surface area contributed by atoms with Crippen LogP contribution >= 0.6 is 11.3 Å². The molecule has 1 aliphatic rings. The average Bonchev–Trinajstić information content (AvgIpc) is 3.02. The van der Waals surface area contributed by atoms with Gasteiger partial charge in [-0.2, -0.15) is 0 Å². The molecule has 7 heteroatoms. The molecule has 1 aliphatic carbocycles. The fourth-order valence-electron chi connectivity index (χ4n) is 2.60. The Hall–Kier alpha value is -1.73. The average molecular weight is 307 g/mol. The van der Waals surface area contributed by atoms with Gasteiger partial charge in [0.15, 0.2) is 0 Å². The molecule has 21 heavy (non-hydrogen) atoms. The van der Waals surface area contributed by atoms with Gasteiger partial charge in [0.2, 0.25) is 5.91 Å². The molecule has 2 aromatic rings. The second kappa shape index (κ2) is 5.95. The second-order valence-corrected chi connectivity index (χ2v) is 6.09. The highest BCUT2D eigenvalue weighted by atomic mass is 32.1. The molecule has 0 aliphatic heterocycles. The second-order valence-electron chi connectivity index (χ2n) is 5.01. The number of amides is 1. The Bertz CT molecular complexity index is 735. The number of hydrogen-bond acceptors (Lipinski definition) is 5. The van der Waals surface area contributed by atoms with Gasteiger partial charge in [0.25, 0.3) is 5.56 Å². The molecule has 2 heterocycles. The Morgan fingerprint density at radius 2 is 2.33 bits per heavy atom. The Balaban J connectivity index is 1.78. The summed E-state index contributed by atoms with van der Waals surface area (Å²) in [4.78, 5) is 37.9. The van der Waals surface area contributed by atoms with E-state index in [-0.39, 0.29) is 17.9 Å². The standard InChI is InChI=1S/C14H17N3O3S/c1-2-20-17-11(18)7-6-10-15-13(19)12-8-4-3-5-9(8)21-14(12)16-10/h2-7H2,1H3,(H,17,18)(H,15,16,19). The van der Waals surface area contributed by atoms with Crippen molar-refractivity contribution in [2.45, 2.75) is 39.0 Å². The number of hydroxylamine groups is 1. The zero-order valence-electron chi connectivity index (χ0n) is 11.8. The van der Waals surface area contributed by atoms with Gasteiger partial charge in [0.1, 0.15) is 10.7 Å². The Morgan fingerprint density at radius 1 is 1.48 bits per heavy atom. The molecule has 0 atom stereocenters. The SMILES string of the molecule is CCONC(=O)CCc1nc2sc3c(c2c(=O)[nH]1)CCC3. The topological polar surface area (TPSA) is 84.1 Å². The maximum Gasteiger partial charge on any atom is 0.259 e. The lowest BCUT2D eigenvalue weighted by molar-refractivity contribution is -0.133. The lowest BCUT2D eigenvalue weighted by Crippen LogP contribution is -2.24. The zero-order chi connectivity index (χ0) is 14.8. The highest BCUT2D eigenvalue weighted by molar-refractivity contribution is 7.18. The zero-order valence-corrected chi connectivity index (χ0v) is 12.6. The molecule has 0 aromatic carbocycles. The van der Waals surface area contributed by atoms with Crippen molar-refractivity contribution in [3.05, 3.63) is 26.6 Å². The van der Waals surface area contributed by atoms with Crippen molar-refractivity contribution in [2.75, 3.05) is 6.61 Å². The number of aromatic amines is 1. The predicted molar refractivity (Wildman–Crippen MR) is 80.4 cm³/mol. The lowest BCUT2D eigenvalue weighted by atomic mass is 10.2. The first-order chi connectivity index (χ1) is 10.2. The number of carbonyl (C=O) groups is 1. The van der Waals surface area contributed by atoms with Crippen LogP contribution in [-0.4, -0.2) is 22.5 Å². The van der Waals surface area contributed by atoms with Gasteiger partial charge < -0.3 is 4.98 Å². The van der Waals surface area contributed by atoms with E-state index in [1.807, 2.05) is 0 Å². The van der Waals surface area contributed by atoms with Crippen LogP contribution in [0.3, 0.4) is 0 Å². The molecule has 2 N–H and O–H groups in total. The summed E-state index contributed by atoms with van der Waals surface area (Å²) in [7, 11) is 0. The summed E-state index contributed by atoms with van der Waals surface area (Å²) in [5.41, 5.74) is 3.42. The van der Waals surface area contributed by atoms with Gasteiger partial charge in [0.05, 0.1) is 12.0 Å². The van der Waals surface area contributed by atoms with Gasteiger partial charge >= 0.3 is 0 Å². The molecule has 2 aromatic heterocycles. The van der Waals surface area contributed by atoms with E-state index in [0.717, 1.165) is 29.5 Å². The third kappa shape index (κ3) is 2.84.